The van der Waals surface area contributed by atoms with Gasteiger partial charge in [-0.1, -0.05) is 12.1 Å². The Kier molecular flexibility index (Phi) is 3.22. The van der Waals surface area contributed by atoms with Crippen molar-refractivity contribution < 1.29 is 19.0 Å². The molecule has 2 rings (SSSR count). The number of ether oxygens (including phenoxy) is 3. The third-order valence-electron chi connectivity index (χ3n) is 2.23. The van der Waals surface area contributed by atoms with Gasteiger partial charge in [-0.25, -0.2) is 0 Å². The topological polar surface area (TPSA) is 44.8 Å². The first kappa shape index (κ1) is 11.1. The Labute approximate surface area is 94.1 Å². The van der Waals surface area contributed by atoms with E-state index in [-0.39, 0.29) is 18.4 Å². The highest BCUT2D eigenvalue weighted by atomic mass is 16.7. The highest BCUT2D eigenvalue weighted by molar-refractivity contribution is 5.69. The smallest absolute Gasteiger partial charge is 0.308 e. The van der Waals surface area contributed by atoms with Gasteiger partial charge in [0.15, 0.2) is 6.29 Å². The van der Waals surface area contributed by atoms with Crippen molar-refractivity contribution in [2.75, 3.05) is 6.61 Å². The lowest BCUT2D eigenvalue weighted by molar-refractivity contribution is -0.131. The summed E-state index contributed by atoms with van der Waals surface area (Å²) in [7, 11) is 0. The standard InChI is InChI=1S/C12H14O4/c1-8-7-14-12(15-8)10-4-3-5-11(6-10)16-9(2)13/h3-6,8,12H,7H2,1-2H3/t8-,12+/m1/s1. The van der Waals surface area contributed by atoms with Crippen LogP contribution in [0, 0.1) is 0 Å². The van der Waals surface area contributed by atoms with Gasteiger partial charge in [0.25, 0.3) is 0 Å². The molecule has 1 aliphatic rings. The summed E-state index contributed by atoms with van der Waals surface area (Å²) in [5.41, 5.74) is 0.864. The number of hydrogen-bond acceptors (Lipinski definition) is 4. The second kappa shape index (κ2) is 4.63. The van der Waals surface area contributed by atoms with Crippen molar-refractivity contribution in [3.05, 3.63) is 29.8 Å². The second-order valence-corrected chi connectivity index (χ2v) is 3.78. The maximum Gasteiger partial charge on any atom is 0.308 e. The monoisotopic (exact) mass is 222 g/mol. The van der Waals surface area contributed by atoms with Crippen molar-refractivity contribution in [3.63, 3.8) is 0 Å². The van der Waals surface area contributed by atoms with E-state index >= 15 is 0 Å². The van der Waals surface area contributed by atoms with E-state index < -0.39 is 0 Å². The zero-order valence-electron chi connectivity index (χ0n) is 9.30. The zero-order chi connectivity index (χ0) is 11.5. The maximum atomic E-state index is 10.8. The van der Waals surface area contributed by atoms with E-state index in [2.05, 4.69) is 0 Å². The molecule has 1 heterocycles. The average molecular weight is 222 g/mol. The molecule has 0 unspecified atom stereocenters. The number of benzene rings is 1. The van der Waals surface area contributed by atoms with Crippen LogP contribution < -0.4 is 4.74 Å². The largest absolute Gasteiger partial charge is 0.427 e. The first-order valence-electron chi connectivity index (χ1n) is 5.20. The molecule has 1 fully saturated rings. The van der Waals surface area contributed by atoms with Crippen LogP contribution in [0.5, 0.6) is 5.75 Å². The predicted molar refractivity (Wildman–Crippen MR) is 57.0 cm³/mol. The maximum absolute atomic E-state index is 10.8. The lowest BCUT2D eigenvalue weighted by Crippen LogP contribution is -2.04. The molecule has 2 atom stereocenters. The predicted octanol–water partition coefficient (Wildman–Crippen LogP) is 2.05. The molecule has 0 bridgehead atoms. The van der Waals surface area contributed by atoms with Crippen molar-refractivity contribution in [3.8, 4) is 5.75 Å². The van der Waals surface area contributed by atoms with Crippen molar-refractivity contribution in [2.24, 2.45) is 0 Å². The molecule has 86 valence electrons. The summed E-state index contributed by atoms with van der Waals surface area (Å²) >= 11 is 0. The van der Waals surface area contributed by atoms with Gasteiger partial charge in [-0.3, -0.25) is 4.79 Å². The van der Waals surface area contributed by atoms with E-state index in [1.807, 2.05) is 19.1 Å². The van der Waals surface area contributed by atoms with Crippen molar-refractivity contribution in [1.82, 2.24) is 0 Å². The molecule has 0 aromatic heterocycles. The molecular weight excluding hydrogens is 208 g/mol. The summed E-state index contributed by atoms with van der Waals surface area (Å²) in [6, 6.07) is 7.17. The SMILES string of the molecule is CC(=O)Oc1cccc([C@H]2OC[C@@H](C)O2)c1. The minimum Gasteiger partial charge on any atom is -0.427 e. The third kappa shape index (κ3) is 2.59. The Morgan fingerprint density at radius 2 is 2.31 bits per heavy atom. The summed E-state index contributed by atoms with van der Waals surface area (Å²) in [6.07, 6.45) is -0.257. The minimum absolute atomic E-state index is 0.0994. The fraction of sp³-hybridized carbons (Fsp3) is 0.417. The van der Waals surface area contributed by atoms with Gasteiger partial charge in [0, 0.05) is 12.5 Å². The molecule has 0 radical (unpaired) electrons. The number of hydrogen-bond donors (Lipinski definition) is 0. The average Bonchev–Trinajstić information content (AvgIpc) is 2.64. The van der Waals surface area contributed by atoms with E-state index in [0.29, 0.717) is 12.4 Å². The van der Waals surface area contributed by atoms with Crippen LogP contribution in [-0.2, 0) is 14.3 Å². The van der Waals surface area contributed by atoms with Crippen LogP contribution in [-0.4, -0.2) is 18.7 Å². The van der Waals surface area contributed by atoms with E-state index in [4.69, 9.17) is 14.2 Å². The van der Waals surface area contributed by atoms with Crippen molar-refractivity contribution in [1.29, 1.82) is 0 Å². The van der Waals surface area contributed by atoms with Crippen LogP contribution in [0.2, 0.25) is 0 Å². The fourth-order valence-corrected chi connectivity index (χ4v) is 1.58. The van der Waals surface area contributed by atoms with E-state index in [9.17, 15) is 4.79 Å². The van der Waals surface area contributed by atoms with Crippen LogP contribution >= 0.6 is 0 Å². The second-order valence-electron chi connectivity index (χ2n) is 3.78. The van der Waals surface area contributed by atoms with Crippen molar-refractivity contribution >= 4 is 5.97 Å². The molecule has 0 amide bonds. The first-order chi connectivity index (χ1) is 7.65. The number of carbonyl (C=O) groups is 1. The highest BCUT2D eigenvalue weighted by Crippen LogP contribution is 2.28. The van der Waals surface area contributed by atoms with Gasteiger partial charge in [-0.05, 0) is 19.1 Å². The quantitative estimate of drug-likeness (QED) is 0.567. The molecular formula is C12H14O4. The molecule has 0 spiro atoms. The molecule has 1 aromatic carbocycles. The van der Waals surface area contributed by atoms with Crippen molar-refractivity contribution in [2.45, 2.75) is 26.2 Å². The number of rotatable bonds is 2. The summed E-state index contributed by atoms with van der Waals surface area (Å²) in [5.74, 6) is 0.176. The van der Waals surface area contributed by atoms with Crippen LogP contribution in [0.4, 0.5) is 0 Å². The fourth-order valence-electron chi connectivity index (χ4n) is 1.58. The molecule has 0 saturated carbocycles. The van der Waals surface area contributed by atoms with Gasteiger partial charge in [0.2, 0.25) is 0 Å². The molecule has 1 aromatic rings. The summed E-state index contributed by atoms with van der Waals surface area (Å²) in [6.45, 7) is 3.91. The van der Waals surface area contributed by atoms with Gasteiger partial charge >= 0.3 is 5.97 Å². The Morgan fingerprint density at radius 1 is 1.50 bits per heavy atom. The number of esters is 1. The Hall–Kier alpha value is -1.39. The molecule has 1 saturated heterocycles. The minimum atomic E-state index is -0.356. The summed E-state index contributed by atoms with van der Waals surface area (Å²) in [5, 5.41) is 0. The Morgan fingerprint density at radius 3 is 2.94 bits per heavy atom. The van der Waals surface area contributed by atoms with E-state index in [1.165, 1.54) is 6.92 Å². The molecule has 0 N–H and O–H groups in total. The molecule has 4 heteroatoms. The van der Waals surface area contributed by atoms with Gasteiger partial charge in [-0.15, -0.1) is 0 Å². The van der Waals surface area contributed by atoms with Crippen LogP contribution in [0.25, 0.3) is 0 Å². The normalized spacial score (nSPS) is 24.4. The van der Waals surface area contributed by atoms with E-state index in [1.54, 1.807) is 12.1 Å². The molecule has 4 nitrogen and oxygen atoms in total. The number of carbonyl (C=O) groups excluding carboxylic acids is 1. The van der Waals surface area contributed by atoms with Crippen LogP contribution in [0.1, 0.15) is 25.7 Å². The van der Waals surface area contributed by atoms with Gasteiger partial charge in [0.1, 0.15) is 5.75 Å². The highest BCUT2D eigenvalue weighted by Gasteiger charge is 2.24. The third-order valence-corrected chi connectivity index (χ3v) is 2.23. The Balaban J connectivity index is 2.12. The summed E-state index contributed by atoms with van der Waals surface area (Å²) in [4.78, 5) is 10.8. The van der Waals surface area contributed by atoms with Gasteiger partial charge in [0.05, 0.1) is 12.7 Å². The lowest BCUT2D eigenvalue weighted by atomic mass is 10.2. The first-order valence-corrected chi connectivity index (χ1v) is 5.20. The Bertz CT molecular complexity index is 388. The van der Waals surface area contributed by atoms with Gasteiger partial charge in [-0.2, -0.15) is 0 Å². The zero-order valence-corrected chi connectivity index (χ0v) is 9.30. The molecule has 0 aliphatic carbocycles. The van der Waals surface area contributed by atoms with Crippen LogP contribution in [0.3, 0.4) is 0 Å². The van der Waals surface area contributed by atoms with Crippen LogP contribution in [0.15, 0.2) is 24.3 Å². The van der Waals surface area contributed by atoms with Gasteiger partial charge < -0.3 is 14.2 Å². The summed E-state index contributed by atoms with van der Waals surface area (Å²) < 4.78 is 16.0. The molecule has 16 heavy (non-hydrogen) atoms. The molecule has 1 aliphatic heterocycles. The van der Waals surface area contributed by atoms with E-state index in [0.717, 1.165) is 5.56 Å². The lowest BCUT2D eigenvalue weighted by Gasteiger charge is -2.11.